The third-order valence-electron chi connectivity index (χ3n) is 5.73. The first-order chi connectivity index (χ1) is 16.4. The molecule has 1 aromatic carbocycles. The van der Waals surface area contributed by atoms with Gasteiger partial charge in [-0.1, -0.05) is 12.1 Å². The van der Waals surface area contributed by atoms with Crippen molar-refractivity contribution in [3.63, 3.8) is 0 Å². The van der Waals surface area contributed by atoms with Gasteiger partial charge in [0, 0.05) is 24.5 Å². The molecule has 176 valence electrons. The Labute approximate surface area is 197 Å². The summed E-state index contributed by atoms with van der Waals surface area (Å²) in [5.74, 6) is 0.797. The van der Waals surface area contributed by atoms with Crippen molar-refractivity contribution in [3.8, 4) is 16.9 Å². The average Bonchev–Trinajstić information content (AvgIpc) is 2.86. The first-order valence-electron chi connectivity index (χ1n) is 10.9. The van der Waals surface area contributed by atoms with Crippen LogP contribution in [-0.4, -0.2) is 56.7 Å². The number of amides is 2. The molecule has 1 unspecified atom stereocenters. The number of nitrogens with zero attached hydrogens (tertiary/aromatic N) is 4. The van der Waals surface area contributed by atoms with Gasteiger partial charge in [0.15, 0.2) is 0 Å². The predicted molar refractivity (Wildman–Crippen MR) is 127 cm³/mol. The summed E-state index contributed by atoms with van der Waals surface area (Å²) in [5, 5.41) is 15.3. The summed E-state index contributed by atoms with van der Waals surface area (Å²) in [7, 11) is 1.62. The summed E-state index contributed by atoms with van der Waals surface area (Å²) in [6, 6.07) is 8.63. The van der Waals surface area contributed by atoms with E-state index in [0.717, 1.165) is 29.7 Å². The SMILES string of the molecule is COc1ccc(-c2cnc(Nc3cnc(C)c(NC(=O)C4CCCCN4C(=O)O)c3)nc2)cc1. The second-order valence-corrected chi connectivity index (χ2v) is 7.98. The van der Waals surface area contributed by atoms with E-state index < -0.39 is 12.1 Å². The van der Waals surface area contributed by atoms with Crippen molar-refractivity contribution in [1.29, 1.82) is 0 Å². The van der Waals surface area contributed by atoms with Gasteiger partial charge in [0.25, 0.3) is 0 Å². The summed E-state index contributed by atoms with van der Waals surface area (Å²) < 4.78 is 5.18. The molecule has 2 aromatic heterocycles. The number of aromatic nitrogens is 3. The Hall–Kier alpha value is -4.21. The summed E-state index contributed by atoms with van der Waals surface area (Å²) in [6.45, 7) is 2.13. The summed E-state index contributed by atoms with van der Waals surface area (Å²) >= 11 is 0. The van der Waals surface area contributed by atoms with E-state index >= 15 is 0 Å². The second kappa shape index (κ2) is 10.2. The van der Waals surface area contributed by atoms with Gasteiger partial charge in [-0.25, -0.2) is 14.8 Å². The monoisotopic (exact) mass is 462 g/mol. The highest BCUT2D eigenvalue weighted by atomic mass is 16.5. The third kappa shape index (κ3) is 5.22. The Morgan fingerprint density at radius 1 is 1.06 bits per heavy atom. The number of nitrogens with one attached hydrogen (secondary N) is 2. The molecule has 0 saturated carbocycles. The maximum Gasteiger partial charge on any atom is 0.407 e. The van der Waals surface area contributed by atoms with Crippen molar-refractivity contribution in [2.75, 3.05) is 24.3 Å². The van der Waals surface area contributed by atoms with Gasteiger partial charge in [-0.05, 0) is 49.9 Å². The second-order valence-electron chi connectivity index (χ2n) is 7.98. The van der Waals surface area contributed by atoms with Crippen molar-refractivity contribution >= 4 is 29.3 Å². The lowest BCUT2D eigenvalue weighted by Gasteiger charge is -2.32. The van der Waals surface area contributed by atoms with E-state index in [1.165, 1.54) is 4.90 Å². The Kier molecular flexibility index (Phi) is 6.86. The number of carbonyl (C=O) groups is 2. The molecule has 0 spiro atoms. The minimum atomic E-state index is -1.08. The Morgan fingerprint density at radius 2 is 1.79 bits per heavy atom. The molecule has 2 amide bonds. The van der Waals surface area contributed by atoms with Crippen molar-refractivity contribution < 1.29 is 19.4 Å². The molecule has 3 heterocycles. The zero-order chi connectivity index (χ0) is 24.1. The van der Waals surface area contributed by atoms with Crippen LogP contribution in [0.1, 0.15) is 25.0 Å². The number of benzene rings is 1. The van der Waals surface area contributed by atoms with Crippen LogP contribution in [0.2, 0.25) is 0 Å². The van der Waals surface area contributed by atoms with Gasteiger partial charge in [-0.3, -0.25) is 14.7 Å². The fourth-order valence-corrected chi connectivity index (χ4v) is 3.83. The highest BCUT2D eigenvalue weighted by Gasteiger charge is 2.32. The van der Waals surface area contributed by atoms with Gasteiger partial charge in [-0.15, -0.1) is 0 Å². The minimum absolute atomic E-state index is 0.357. The number of pyridine rings is 1. The third-order valence-corrected chi connectivity index (χ3v) is 5.73. The largest absolute Gasteiger partial charge is 0.497 e. The predicted octanol–water partition coefficient (Wildman–Crippen LogP) is 4.07. The van der Waals surface area contributed by atoms with Crippen LogP contribution < -0.4 is 15.4 Å². The van der Waals surface area contributed by atoms with E-state index in [1.807, 2.05) is 24.3 Å². The molecular weight excluding hydrogens is 436 g/mol. The molecule has 3 N–H and O–H groups in total. The van der Waals surface area contributed by atoms with Crippen LogP contribution in [-0.2, 0) is 4.79 Å². The first kappa shape index (κ1) is 23.0. The van der Waals surface area contributed by atoms with Crippen molar-refractivity contribution in [1.82, 2.24) is 19.9 Å². The molecule has 34 heavy (non-hydrogen) atoms. The van der Waals surface area contributed by atoms with Crippen molar-refractivity contribution in [2.24, 2.45) is 0 Å². The fraction of sp³-hybridized carbons (Fsp3) is 0.292. The van der Waals surface area contributed by atoms with E-state index in [9.17, 15) is 14.7 Å². The maximum atomic E-state index is 12.8. The number of aryl methyl sites for hydroxylation is 1. The molecule has 1 atom stereocenters. The summed E-state index contributed by atoms with van der Waals surface area (Å²) in [6.07, 6.45) is 6.03. The fourth-order valence-electron chi connectivity index (χ4n) is 3.83. The standard InChI is InChI=1S/C24H26N6O4/c1-15-20(29-22(31)21-5-3-4-10-30(21)24(32)33)11-18(14-25-15)28-23-26-12-17(13-27-23)16-6-8-19(34-2)9-7-16/h6-9,11-14,21H,3-5,10H2,1-2H3,(H,29,31)(H,32,33)(H,26,27,28). The smallest absolute Gasteiger partial charge is 0.407 e. The van der Waals surface area contributed by atoms with Gasteiger partial charge in [0.05, 0.1) is 30.4 Å². The number of ether oxygens (including phenoxy) is 1. The summed E-state index contributed by atoms with van der Waals surface area (Å²) in [4.78, 5) is 38.6. The molecule has 4 rings (SSSR count). The number of anilines is 3. The van der Waals surface area contributed by atoms with E-state index in [2.05, 4.69) is 25.6 Å². The molecule has 0 radical (unpaired) electrons. The molecule has 0 bridgehead atoms. The van der Waals surface area contributed by atoms with Gasteiger partial charge in [-0.2, -0.15) is 0 Å². The number of hydrogen-bond acceptors (Lipinski definition) is 7. The van der Waals surface area contributed by atoms with E-state index in [4.69, 9.17) is 4.74 Å². The highest BCUT2D eigenvalue weighted by molar-refractivity contribution is 5.97. The van der Waals surface area contributed by atoms with E-state index in [0.29, 0.717) is 36.0 Å². The molecule has 1 aliphatic rings. The van der Waals surface area contributed by atoms with Crippen molar-refractivity contribution in [3.05, 3.63) is 54.6 Å². The lowest BCUT2D eigenvalue weighted by Crippen LogP contribution is -2.49. The van der Waals surface area contributed by atoms with Crippen LogP contribution in [0, 0.1) is 6.92 Å². The molecule has 1 fully saturated rings. The van der Waals surface area contributed by atoms with Crippen molar-refractivity contribution in [2.45, 2.75) is 32.2 Å². The minimum Gasteiger partial charge on any atom is -0.497 e. The molecule has 1 saturated heterocycles. The Bertz CT molecular complexity index is 1170. The molecular formula is C24H26N6O4. The number of hydrogen-bond donors (Lipinski definition) is 3. The molecule has 1 aliphatic heterocycles. The number of likely N-dealkylation sites (tertiary alicyclic amines) is 1. The number of piperidine rings is 1. The zero-order valence-corrected chi connectivity index (χ0v) is 19.0. The normalized spacial score (nSPS) is 15.5. The topological polar surface area (TPSA) is 130 Å². The Morgan fingerprint density at radius 3 is 2.47 bits per heavy atom. The van der Waals surface area contributed by atoms with Crippen LogP contribution in [0.25, 0.3) is 11.1 Å². The highest BCUT2D eigenvalue weighted by Crippen LogP contribution is 2.25. The summed E-state index contributed by atoms with van der Waals surface area (Å²) in [5.41, 5.74) is 3.54. The average molecular weight is 463 g/mol. The zero-order valence-electron chi connectivity index (χ0n) is 19.0. The molecule has 10 nitrogen and oxygen atoms in total. The quantitative estimate of drug-likeness (QED) is 0.500. The molecule has 3 aromatic rings. The van der Waals surface area contributed by atoms with Crippen LogP contribution in [0.4, 0.5) is 22.1 Å². The van der Waals surface area contributed by atoms with Crippen LogP contribution >= 0.6 is 0 Å². The van der Waals surface area contributed by atoms with Gasteiger partial charge < -0.3 is 20.5 Å². The van der Waals surface area contributed by atoms with Crippen LogP contribution in [0.3, 0.4) is 0 Å². The van der Waals surface area contributed by atoms with E-state index in [1.54, 1.807) is 38.7 Å². The number of carboxylic acid groups (broad SMARTS) is 1. The number of carbonyl (C=O) groups excluding carboxylic acids is 1. The van der Waals surface area contributed by atoms with Crippen LogP contribution in [0.15, 0.2) is 48.9 Å². The maximum absolute atomic E-state index is 12.8. The Balaban J connectivity index is 1.45. The molecule has 0 aliphatic carbocycles. The van der Waals surface area contributed by atoms with Gasteiger partial charge in [0.2, 0.25) is 11.9 Å². The van der Waals surface area contributed by atoms with Gasteiger partial charge in [0.1, 0.15) is 11.8 Å². The van der Waals surface area contributed by atoms with Crippen LogP contribution in [0.5, 0.6) is 5.75 Å². The van der Waals surface area contributed by atoms with Gasteiger partial charge >= 0.3 is 6.09 Å². The lowest BCUT2D eigenvalue weighted by molar-refractivity contribution is -0.121. The number of methoxy groups -OCH3 is 1. The number of rotatable bonds is 6. The van der Waals surface area contributed by atoms with E-state index in [-0.39, 0.29) is 5.91 Å². The molecule has 10 heteroatoms. The lowest BCUT2D eigenvalue weighted by atomic mass is 10.0. The first-order valence-corrected chi connectivity index (χ1v) is 10.9.